The number of guanidine groups is 1. The first-order valence-corrected chi connectivity index (χ1v) is 3.07. The second-order valence-electron chi connectivity index (χ2n) is 1.80. The smallest absolute Gasteiger partial charge is 0.190 e. The van der Waals surface area contributed by atoms with Gasteiger partial charge in [-0.1, -0.05) is 12.2 Å². The molecular weight excluding hydrogens is 142 g/mol. The molecule has 11 heavy (non-hydrogen) atoms. The van der Waals surface area contributed by atoms with Gasteiger partial charge in [-0.25, -0.2) is 4.99 Å². The monoisotopic (exact) mass is 153 g/mol. The highest BCUT2D eigenvalue weighted by Gasteiger charge is 1.84. The highest BCUT2D eigenvalue weighted by Crippen LogP contribution is 1.91. The van der Waals surface area contributed by atoms with Crippen molar-refractivity contribution in [3.05, 3.63) is 23.9 Å². The van der Waals surface area contributed by atoms with Crippen LogP contribution in [0.4, 0.5) is 0 Å². The van der Waals surface area contributed by atoms with Crippen molar-refractivity contribution in [3.8, 4) is 0 Å². The number of allylic oxidation sites excluding steroid dienone is 3. The van der Waals surface area contributed by atoms with Crippen LogP contribution in [-0.4, -0.2) is 12.2 Å². The quantitative estimate of drug-likeness (QED) is 0.195. The molecule has 4 N–H and O–H groups in total. The van der Waals surface area contributed by atoms with E-state index in [1.165, 1.54) is 6.20 Å². The molecular formula is C7H11N3O. The predicted molar refractivity (Wildman–Crippen MR) is 44.8 cm³/mol. The maximum Gasteiger partial charge on any atom is 0.190 e. The summed E-state index contributed by atoms with van der Waals surface area (Å²) in [7, 11) is 0. The lowest BCUT2D eigenvalue weighted by molar-refractivity contribution is -0.104. The van der Waals surface area contributed by atoms with E-state index in [-0.39, 0.29) is 5.96 Å². The van der Waals surface area contributed by atoms with Gasteiger partial charge in [-0.15, -0.1) is 0 Å². The van der Waals surface area contributed by atoms with Crippen LogP contribution in [0.2, 0.25) is 0 Å². The van der Waals surface area contributed by atoms with Gasteiger partial charge in [-0.2, -0.15) is 0 Å². The molecule has 0 unspecified atom stereocenters. The number of aliphatic imine (C=N–C) groups is 1. The normalized spacial score (nSPS) is 11.5. The third kappa shape index (κ3) is 4.90. The number of nitrogens with zero attached hydrogens (tertiary/aromatic N) is 1. The highest BCUT2D eigenvalue weighted by atomic mass is 16.1. The van der Waals surface area contributed by atoms with E-state index in [0.29, 0.717) is 11.9 Å². The van der Waals surface area contributed by atoms with Gasteiger partial charge in [-0.3, -0.25) is 4.79 Å². The van der Waals surface area contributed by atoms with Gasteiger partial charge in [0.25, 0.3) is 0 Å². The number of hydrogen-bond donors (Lipinski definition) is 2. The molecule has 0 rings (SSSR count). The number of carbonyl (C=O) groups is 1. The lowest BCUT2D eigenvalue weighted by Gasteiger charge is -1.86. The SMILES string of the molecule is C/C=C/C(C=O)=C\N=C(N)N. The summed E-state index contributed by atoms with van der Waals surface area (Å²) in [5.41, 5.74) is 10.5. The molecule has 0 aliphatic heterocycles. The van der Waals surface area contributed by atoms with Gasteiger partial charge in [0.2, 0.25) is 0 Å². The Balaban J connectivity index is 4.36. The number of aldehydes is 1. The summed E-state index contributed by atoms with van der Waals surface area (Å²) in [4.78, 5) is 13.8. The predicted octanol–water partition coefficient (Wildman–Crippen LogP) is -0.0813. The van der Waals surface area contributed by atoms with Crippen molar-refractivity contribution in [3.63, 3.8) is 0 Å². The molecule has 0 fully saturated rings. The molecule has 0 saturated heterocycles. The summed E-state index contributed by atoms with van der Waals surface area (Å²) >= 11 is 0. The number of carbonyl (C=O) groups excluding carboxylic acids is 1. The summed E-state index contributed by atoms with van der Waals surface area (Å²) < 4.78 is 0. The molecule has 0 aromatic rings. The van der Waals surface area contributed by atoms with Crippen molar-refractivity contribution >= 4 is 12.2 Å². The summed E-state index contributed by atoms with van der Waals surface area (Å²) in [6, 6.07) is 0. The van der Waals surface area contributed by atoms with E-state index in [0.717, 1.165) is 0 Å². The molecule has 0 aromatic carbocycles. The van der Waals surface area contributed by atoms with Gasteiger partial charge >= 0.3 is 0 Å². The Morgan fingerprint density at radius 2 is 2.09 bits per heavy atom. The van der Waals surface area contributed by atoms with Crippen LogP contribution in [-0.2, 0) is 4.79 Å². The minimum atomic E-state index is -0.0612. The number of rotatable bonds is 3. The summed E-state index contributed by atoms with van der Waals surface area (Å²) in [6.45, 7) is 1.80. The van der Waals surface area contributed by atoms with Crippen LogP contribution in [0, 0.1) is 0 Å². The van der Waals surface area contributed by atoms with Gasteiger partial charge in [0, 0.05) is 11.8 Å². The second kappa shape index (κ2) is 5.22. The maximum atomic E-state index is 10.2. The Morgan fingerprint density at radius 3 is 2.45 bits per heavy atom. The van der Waals surface area contributed by atoms with Crippen LogP contribution in [0.1, 0.15) is 6.92 Å². The highest BCUT2D eigenvalue weighted by molar-refractivity contribution is 5.80. The van der Waals surface area contributed by atoms with Crippen LogP contribution in [0.25, 0.3) is 0 Å². The fourth-order valence-corrected chi connectivity index (χ4v) is 0.454. The molecule has 0 heterocycles. The third-order valence-electron chi connectivity index (χ3n) is 0.858. The van der Waals surface area contributed by atoms with Crippen LogP contribution >= 0.6 is 0 Å². The Kier molecular flexibility index (Phi) is 4.47. The molecule has 0 amide bonds. The first-order valence-electron chi connectivity index (χ1n) is 3.07. The maximum absolute atomic E-state index is 10.2. The first-order chi connectivity index (χ1) is 5.20. The zero-order chi connectivity index (χ0) is 8.69. The zero-order valence-electron chi connectivity index (χ0n) is 6.32. The van der Waals surface area contributed by atoms with Crippen LogP contribution in [0.15, 0.2) is 28.9 Å². The zero-order valence-corrected chi connectivity index (χ0v) is 6.32. The van der Waals surface area contributed by atoms with Crippen molar-refractivity contribution in [1.29, 1.82) is 0 Å². The van der Waals surface area contributed by atoms with Gasteiger partial charge in [0.05, 0.1) is 0 Å². The Bertz CT molecular complexity index is 212. The molecule has 4 nitrogen and oxygen atoms in total. The lowest BCUT2D eigenvalue weighted by Crippen LogP contribution is -2.21. The van der Waals surface area contributed by atoms with Gasteiger partial charge < -0.3 is 11.5 Å². The molecule has 0 saturated carbocycles. The number of hydrogen-bond acceptors (Lipinski definition) is 2. The second-order valence-corrected chi connectivity index (χ2v) is 1.80. The molecule has 60 valence electrons. The number of nitrogens with two attached hydrogens (primary N) is 2. The van der Waals surface area contributed by atoms with E-state index in [1.807, 2.05) is 0 Å². The molecule has 0 atom stereocenters. The fraction of sp³-hybridized carbons (Fsp3) is 0.143. The van der Waals surface area contributed by atoms with E-state index < -0.39 is 0 Å². The van der Waals surface area contributed by atoms with Crippen molar-refractivity contribution in [1.82, 2.24) is 0 Å². The summed E-state index contributed by atoms with van der Waals surface area (Å²) in [5.74, 6) is -0.0612. The molecule has 4 heteroatoms. The lowest BCUT2D eigenvalue weighted by atomic mass is 10.3. The Hall–Kier alpha value is -1.58. The van der Waals surface area contributed by atoms with E-state index in [9.17, 15) is 4.79 Å². The fourth-order valence-electron chi connectivity index (χ4n) is 0.454. The van der Waals surface area contributed by atoms with Crippen molar-refractivity contribution in [2.45, 2.75) is 6.92 Å². The standard InChI is InChI=1S/C7H11N3O/c1-2-3-6(5-11)4-10-7(8)9/h2-5H,1H3,(H4,8,9,10)/b3-2+,6-4+. The molecule has 0 bridgehead atoms. The topological polar surface area (TPSA) is 81.5 Å². The first kappa shape index (κ1) is 9.42. The molecule has 0 aliphatic carbocycles. The average molecular weight is 153 g/mol. The average Bonchev–Trinajstić information content (AvgIpc) is 1.97. The van der Waals surface area contributed by atoms with Crippen molar-refractivity contribution in [2.75, 3.05) is 0 Å². The van der Waals surface area contributed by atoms with Gasteiger partial charge in [0.1, 0.15) is 0 Å². The molecule has 0 spiro atoms. The Morgan fingerprint density at radius 1 is 1.45 bits per heavy atom. The van der Waals surface area contributed by atoms with E-state index in [4.69, 9.17) is 11.5 Å². The molecule has 0 aromatic heterocycles. The van der Waals surface area contributed by atoms with Crippen LogP contribution < -0.4 is 11.5 Å². The molecule has 0 radical (unpaired) electrons. The van der Waals surface area contributed by atoms with Crippen LogP contribution in [0.5, 0.6) is 0 Å². The van der Waals surface area contributed by atoms with E-state index >= 15 is 0 Å². The minimum Gasteiger partial charge on any atom is -0.370 e. The van der Waals surface area contributed by atoms with Crippen molar-refractivity contribution in [2.24, 2.45) is 16.5 Å². The minimum absolute atomic E-state index is 0.0612. The summed E-state index contributed by atoms with van der Waals surface area (Å²) in [5, 5.41) is 0. The van der Waals surface area contributed by atoms with Crippen LogP contribution in [0.3, 0.4) is 0 Å². The van der Waals surface area contributed by atoms with Gasteiger partial charge in [-0.05, 0) is 6.92 Å². The van der Waals surface area contributed by atoms with Crippen molar-refractivity contribution < 1.29 is 4.79 Å². The molecule has 0 aliphatic rings. The van der Waals surface area contributed by atoms with Gasteiger partial charge in [0.15, 0.2) is 12.2 Å². The van der Waals surface area contributed by atoms with E-state index in [2.05, 4.69) is 4.99 Å². The van der Waals surface area contributed by atoms with E-state index in [1.54, 1.807) is 19.1 Å². The Labute approximate surface area is 65.3 Å². The summed E-state index contributed by atoms with van der Waals surface area (Å²) in [6.07, 6.45) is 5.32. The largest absolute Gasteiger partial charge is 0.370 e. The third-order valence-corrected chi connectivity index (χ3v) is 0.858.